The van der Waals surface area contributed by atoms with Crippen LogP contribution in [-0.4, -0.2) is 10.5 Å². The van der Waals surface area contributed by atoms with Crippen molar-refractivity contribution in [3.05, 3.63) is 63.4 Å². The molecule has 3 nitrogen and oxygen atoms in total. The van der Waals surface area contributed by atoms with Gasteiger partial charge in [-0.3, -0.25) is 4.79 Å². The highest BCUT2D eigenvalue weighted by molar-refractivity contribution is 9.10. The van der Waals surface area contributed by atoms with E-state index in [1.54, 1.807) is 11.3 Å². The molecule has 0 aliphatic carbocycles. The Morgan fingerprint density at radius 3 is 2.73 bits per heavy atom. The molecule has 0 unspecified atom stereocenters. The Balaban J connectivity index is 1.99. The van der Waals surface area contributed by atoms with Crippen LogP contribution in [0.2, 0.25) is 0 Å². The van der Waals surface area contributed by atoms with E-state index >= 15 is 0 Å². The third-order valence-corrected chi connectivity index (χ3v) is 4.91. The number of aryl methyl sites for hydroxylation is 1. The highest BCUT2D eigenvalue weighted by atomic mass is 79.9. The van der Waals surface area contributed by atoms with Crippen LogP contribution in [0.15, 0.2) is 58.0 Å². The van der Waals surface area contributed by atoms with Gasteiger partial charge in [-0.1, -0.05) is 57.6 Å². The Bertz CT molecular complexity index is 881. The van der Waals surface area contributed by atoms with E-state index in [2.05, 4.69) is 44.5 Å². The largest absolute Gasteiger partial charge is 0.317 e. The summed E-state index contributed by atoms with van der Waals surface area (Å²) < 4.78 is 4.24. The lowest BCUT2D eigenvalue weighted by Crippen LogP contribution is -2.16. The number of thiazole rings is 1. The monoisotopic (exact) mass is 374 g/mol. The summed E-state index contributed by atoms with van der Waals surface area (Å²) in [6.45, 7) is 2.86. The summed E-state index contributed by atoms with van der Waals surface area (Å²) in [5.41, 5.74) is 2.10. The van der Waals surface area contributed by atoms with Gasteiger partial charge < -0.3 is 4.57 Å². The predicted octanol–water partition coefficient (Wildman–Crippen LogP) is 4.16. The average Bonchev–Trinajstić information content (AvgIpc) is 2.84. The summed E-state index contributed by atoms with van der Waals surface area (Å²) in [7, 11) is 0. The highest BCUT2D eigenvalue weighted by Gasteiger charge is 2.07. The molecule has 112 valence electrons. The number of carbonyl (C=O) groups excluding carboxylic acids is 1. The quantitative estimate of drug-likeness (QED) is 0.677. The van der Waals surface area contributed by atoms with Gasteiger partial charge >= 0.3 is 0 Å². The number of benzene rings is 2. The van der Waals surface area contributed by atoms with Crippen LogP contribution < -0.4 is 4.80 Å². The molecule has 1 amide bonds. The molecular weight excluding hydrogens is 360 g/mol. The zero-order valence-corrected chi connectivity index (χ0v) is 14.5. The normalized spacial score (nSPS) is 12.0. The number of halogens is 1. The summed E-state index contributed by atoms with van der Waals surface area (Å²) in [5.74, 6) is -0.112. The van der Waals surface area contributed by atoms with E-state index < -0.39 is 0 Å². The molecule has 22 heavy (non-hydrogen) atoms. The number of aromatic nitrogens is 1. The molecule has 0 bridgehead atoms. The topological polar surface area (TPSA) is 34.4 Å². The van der Waals surface area contributed by atoms with Crippen molar-refractivity contribution in [2.75, 3.05) is 0 Å². The van der Waals surface area contributed by atoms with Crippen molar-refractivity contribution in [3.63, 3.8) is 0 Å². The van der Waals surface area contributed by atoms with Crippen molar-refractivity contribution >= 4 is 43.4 Å². The fourth-order valence-electron chi connectivity index (χ4n) is 2.35. The highest BCUT2D eigenvalue weighted by Crippen LogP contribution is 2.22. The first kappa shape index (κ1) is 15.2. The van der Waals surface area contributed by atoms with Gasteiger partial charge in [-0.25, -0.2) is 0 Å². The summed E-state index contributed by atoms with van der Waals surface area (Å²) in [6.07, 6.45) is 0.336. The maximum atomic E-state index is 12.2. The molecule has 1 heterocycles. The number of nitrogens with zero attached hydrogens (tertiary/aromatic N) is 2. The van der Waals surface area contributed by atoms with Crippen molar-refractivity contribution in [1.29, 1.82) is 0 Å². The number of carbonyl (C=O) groups is 1. The van der Waals surface area contributed by atoms with Gasteiger partial charge in [0.15, 0.2) is 4.80 Å². The Labute approximate surface area is 141 Å². The van der Waals surface area contributed by atoms with Gasteiger partial charge in [0.25, 0.3) is 5.91 Å². The zero-order valence-electron chi connectivity index (χ0n) is 12.1. The lowest BCUT2D eigenvalue weighted by atomic mass is 10.1. The second-order valence-corrected chi connectivity index (χ2v) is 6.83. The van der Waals surface area contributed by atoms with Crippen molar-refractivity contribution in [2.24, 2.45) is 4.99 Å². The lowest BCUT2D eigenvalue weighted by Gasteiger charge is -2.00. The van der Waals surface area contributed by atoms with Crippen LogP contribution in [0.3, 0.4) is 0 Å². The van der Waals surface area contributed by atoms with Crippen LogP contribution in [0.1, 0.15) is 12.5 Å². The molecule has 0 atom stereocenters. The van der Waals surface area contributed by atoms with Gasteiger partial charge in [-0.15, -0.1) is 0 Å². The number of rotatable bonds is 3. The molecule has 1 aromatic heterocycles. The van der Waals surface area contributed by atoms with E-state index in [0.29, 0.717) is 6.42 Å². The molecule has 5 heteroatoms. The smallest absolute Gasteiger partial charge is 0.252 e. The van der Waals surface area contributed by atoms with Crippen molar-refractivity contribution in [1.82, 2.24) is 4.57 Å². The van der Waals surface area contributed by atoms with Crippen molar-refractivity contribution in [3.8, 4) is 0 Å². The van der Waals surface area contributed by atoms with E-state index in [0.717, 1.165) is 31.6 Å². The third kappa shape index (κ3) is 3.20. The van der Waals surface area contributed by atoms with Crippen LogP contribution in [0.25, 0.3) is 10.2 Å². The molecule has 0 fully saturated rings. The fourth-order valence-corrected chi connectivity index (χ4v) is 4.02. The van der Waals surface area contributed by atoms with Crippen LogP contribution in [0, 0.1) is 0 Å². The zero-order chi connectivity index (χ0) is 15.5. The first-order chi connectivity index (χ1) is 10.7. The lowest BCUT2D eigenvalue weighted by molar-refractivity contribution is -0.117. The number of hydrogen-bond donors (Lipinski definition) is 0. The Morgan fingerprint density at radius 1 is 1.23 bits per heavy atom. The molecule has 3 rings (SSSR count). The van der Waals surface area contributed by atoms with Crippen molar-refractivity contribution < 1.29 is 4.79 Å². The fraction of sp³-hybridized carbons (Fsp3) is 0.176. The minimum absolute atomic E-state index is 0.112. The summed E-state index contributed by atoms with van der Waals surface area (Å²) in [4.78, 5) is 17.3. The van der Waals surface area contributed by atoms with Gasteiger partial charge in [-0.05, 0) is 30.7 Å². The summed E-state index contributed by atoms with van der Waals surface area (Å²) in [5, 5.41) is 0. The molecule has 0 radical (unpaired) electrons. The molecule has 0 spiro atoms. The molecule has 0 aliphatic heterocycles. The van der Waals surface area contributed by atoms with E-state index in [-0.39, 0.29) is 5.91 Å². The van der Waals surface area contributed by atoms with E-state index in [4.69, 9.17) is 0 Å². The molecule has 0 N–H and O–H groups in total. The molecule has 0 saturated carbocycles. The van der Waals surface area contributed by atoms with E-state index in [1.807, 2.05) is 36.4 Å². The molecule has 0 saturated heterocycles. The van der Waals surface area contributed by atoms with Gasteiger partial charge in [0, 0.05) is 11.0 Å². The number of amides is 1. The Kier molecular flexibility index (Phi) is 4.55. The second-order valence-electron chi connectivity index (χ2n) is 4.91. The predicted molar refractivity (Wildman–Crippen MR) is 93.9 cm³/mol. The van der Waals surface area contributed by atoms with Crippen LogP contribution >= 0.6 is 27.3 Å². The second kappa shape index (κ2) is 6.58. The van der Waals surface area contributed by atoms with Gasteiger partial charge in [0.2, 0.25) is 0 Å². The number of fused-ring (bicyclic) bond motifs is 1. The van der Waals surface area contributed by atoms with Gasteiger partial charge in [0.1, 0.15) is 0 Å². The third-order valence-electron chi connectivity index (χ3n) is 3.38. The molecular formula is C17H15BrN2OS. The molecule has 3 aromatic rings. The minimum atomic E-state index is -0.112. The molecule has 2 aromatic carbocycles. The maximum Gasteiger partial charge on any atom is 0.252 e. The average molecular weight is 375 g/mol. The van der Waals surface area contributed by atoms with Gasteiger partial charge in [-0.2, -0.15) is 4.99 Å². The maximum absolute atomic E-state index is 12.2. The Morgan fingerprint density at radius 2 is 2.00 bits per heavy atom. The van der Waals surface area contributed by atoms with E-state index in [1.165, 1.54) is 0 Å². The van der Waals surface area contributed by atoms with Crippen LogP contribution in [0.4, 0.5) is 0 Å². The van der Waals surface area contributed by atoms with Gasteiger partial charge in [0.05, 0.1) is 16.6 Å². The standard InChI is InChI=1S/C17H15BrN2OS/c1-2-20-14-9-8-13(18)11-15(14)22-17(20)19-16(21)10-12-6-4-3-5-7-12/h3-9,11H,2,10H2,1H3. The first-order valence-electron chi connectivity index (χ1n) is 7.07. The Hall–Kier alpha value is -1.72. The summed E-state index contributed by atoms with van der Waals surface area (Å²) >= 11 is 5.03. The SMILES string of the molecule is CCn1c(=NC(=O)Cc2ccccc2)sc2cc(Br)ccc21. The summed E-state index contributed by atoms with van der Waals surface area (Å²) in [6, 6.07) is 15.8. The number of hydrogen-bond acceptors (Lipinski definition) is 2. The van der Waals surface area contributed by atoms with Crippen LogP contribution in [-0.2, 0) is 17.8 Å². The van der Waals surface area contributed by atoms with Crippen molar-refractivity contribution in [2.45, 2.75) is 19.9 Å². The minimum Gasteiger partial charge on any atom is -0.317 e. The van der Waals surface area contributed by atoms with E-state index in [9.17, 15) is 4.79 Å². The van der Waals surface area contributed by atoms with Crippen LogP contribution in [0.5, 0.6) is 0 Å². The molecule has 0 aliphatic rings. The first-order valence-corrected chi connectivity index (χ1v) is 8.68.